The molecule has 57 valence electrons. The summed E-state index contributed by atoms with van der Waals surface area (Å²) in [5.41, 5.74) is 0.758. The molecule has 3 heteroatoms. The Morgan fingerprint density at radius 1 is 1.27 bits per heavy atom. The zero-order chi connectivity index (χ0) is 8.10. The van der Waals surface area contributed by atoms with Crippen LogP contribution in [0.1, 0.15) is 0 Å². The highest BCUT2D eigenvalue weighted by atomic mass is 16.2. The number of benzene rings is 1. The van der Waals surface area contributed by atoms with Crippen molar-refractivity contribution in [2.24, 2.45) is 0 Å². The predicted molar refractivity (Wildman–Crippen MR) is 44.0 cm³/mol. The molecule has 1 radical (unpaired) electrons. The lowest BCUT2D eigenvalue weighted by atomic mass is 10.3. The van der Waals surface area contributed by atoms with Gasteiger partial charge in [-0.15, -0.1) is 0 Å². The van der Waals surface area contributed by atoms with Gasteiger partial charge in [-0.1, -0.05) is 18.2 Å². The van der Waals surface area contributed by atoms with E-state index in [1.54, 1.807) is 12.1 Å². The predicted octanol–water partition coefficient (Wildman–Crippen LogP) is 1.60. The number of carbonyl (C=O) groups is 1. The van der Waals surface area contributed by atoms with Crippen molar-refractivity contribution in [1.29, 1.82) is 0 Å². The maximum atomic E-state index is 10.7. The summed E-state index contributed by atoms with van der Waals surface area (Å²) < 4.78 is 0. The lowest BCUT2D eigenvalue weighted by Crippen LogP contribution is -2.22. The molecule has 0 aromatic heterocycles. The van der Waals surface area contributed by atoms with Gasteiger partial charge >= 0.3 is 6.03 Å². The van der Waals surface area contributed by atoms with Crippen molar-refractivity contribution in [1.82, 2.24) is 5.32 Å². The van der Waals surface area contributed by atoms with Gasteiger partial charge in [-0.3, -0.25) is 0 Å². The van der Waals surface area contributed by atoms with Crippen molar-refractivity contribution < 1.29 is 4.79 Å². The van der Waals surface area contributed by atoms with Crippen molar-refractivity contribution >= 4 is 11.7 Å². The summed E-state index contributed by atoms with van der Waals surface area (Å²) in [7, 11) is 3.22. The monoisotopic (exact) mass is 149 g/mol. The minimum atomic E-state index is -0.309. The maximum absolute atomic E-state index is 10.7. The number of hydrogen-bond acceptors (Lipinski definition) is 1. The SMILES string of the molecule is [CH2]NC(=O)Nc1ccccc1. The number of carbonyl (C=O) groups excluding carboxylic acids is 1. The lowest BCUT2D eigenvalue weighted by Gasteiger charge is -2.01. The second-order valence-corrected chi connectivity index (χ2v) is 2.00. The summed E-state index contributed by atoms with van der Waals surface area (Å²) in [5.74, 6) is 0. The highest BCUT2D eigenvalue weighted by molar-refractivity contribution is 5.89. The Morgan fingerprint density at radius 2 is 1.91 bits per heavy atom. The fraction of sp³-hybridized carbons (Fsp3) is 0. The second kappa shape index (κ2) is 3.61. The Hall–Kier alpha value is -1.51. The summed E-state index contributed by atoms with van der Waals surface area (Å²) >= 11 is 0. The molecule has 1 aromatic rings. The molecule has 11 heavy (non-hydrogen) atoms. The van der Waals surface area contributed by atoms with Crippen molar-refractivity contribution in [3.8, 4) is 0 Å². The van der Waals surface area contributed by atoms with Gasteiger partial charge < -0.3 is 10.6 Å². The van der Waals surface area contributed by atoms with E-state index in [9.17, 15) is 4.79 Å². The zero-order valence-corrected chi connectivity index (χ0v) is 6.00. The molecule has 0 bridgehead atoms. The largest absolute Gasteiger partial charge is 0.336 e. The van der Waals surface area contributed by atoms with Crippen LogP contribution in [0.15, 0.2) is 30.3 Å². The van der Waals surface area contributed by atoms with Crippen LogP contribution in [0.3, 0.4) is 0 Å². The molecule has 3 nitrogen and oxygen atoms in total. The Labute approximate surface area is 65.4 Å². The van der Waals surface area contributed by atoms with E-state index in [4.69, 9.17) is 0 Å². The van der Waals surface area contributed by atoms with E-state index in [1.165, 1.54) is 0 Å². The van der Waals surface area contributed by atoms with Gasteiger partial charge in [-0.25, -0.2) is 4.79 Å². The first kappa shape index (κ1) is 7.60. The molecule has 2 N–H and O–H groups in total. The topological polar surface area (TPSA) is 41.1 Å². The van der Waals surface area contributed by atoms with Gasteiger partial charge in [0.15, 0.2) is 0 Å². The highest BCUT2D eigenvalue weighted by Crippen LogP contribution is 2.03. The van der Waals surface area contributed by atoms with E-state index < -0.39 is 0 Å². The van der Waals surface area contributed by atoms with Crippen LogP contribution in [0.4, 0.5) is 10.5 Å². The fourth-order valence-corrected chi connectivity index (χ4v) is 0.697. The van der Waals surface area contributed by atoms with E-state index in [-0.39, 0.29) is 6.03 Å². The average molecular weight is 149 g/mol. The molecule has 0 unspecified atom stereocenters. The number of amides is 2. The van der Waals surface area contributed by atoms with Crippen molar-refractivity contribution in [3.05, 3.63) is 37.4 Å². The first-order valence-corrected chi connectivity index (χ1v) is 3.22. The second-order valence-electron chi connectivity index (χ2n) is 2.00. The van der Waals surface area contributed by atoms with Gasteiger partial charge in [0.05, 0.1) is 0 Å². The first-order chi connectivity index (χ1) is 5.33. The van der Waals surface area contributed by atoms with Crippen LogP contribution in [-0.4, -0.2) is 6.03 Å². The number of nitrogens with one attached hydrogen (secondary N) is 2. The van der Waals surface area contributed by atoms with Crippen LogP contribution < -0.4 is 10.6 Å². The molecular formula is C8H9N2O. The Morgan fingerprint density at radius 3 is 2.45 bits per heavy atom. The maximum Gasteiger partial charge on any atom is 0.319 e. The molecule has 0 aliphatic rings. The number of rotatable bonds is 1. The molecule has 0 spiro atoms. The van der Waals surface area contributed by atoms with Gasteiger partial charge in [0.25, 0.3) is 0 Å². The van der Waals surface area contributed by atoms with Gasteiger partial charge in [0.2, 0.25) is 0 Å². The van der Waals surface area contributed by atoms with E-state index in [2.05, 4.69) is 17.7 Å². The van der Waals surface area contributed by atoms with E-state index in [0.29, 0.717) is 0 Å². The van der Waals surface area contributed by atoms with Crippen LogP contribution in [0.2, 0.25) is 0 Å². The Kier molecular flexibility index (Phi) is 2.49. The van der Waals surface area contributed by atoms with Gasteiger partial charge in [0.1, 0.15) is 0 Å². The smallest absolute Gasteiger partial charge is 0.319 e. The van der Waals surface area contributed by atoms with Crippen molar-refractivity contribution in [2.45, 2.75) is 0 Å². The molecular weight excluding hydrogens is 140 g/mol. The summed E-state index contributed by atoms with van der Waals surface area (Å²) in [6, 6.07) is 8.87. The van der Waals surface area contributed by atoms with Gasteiger partial charge in [0, 0.05) is 12.7 Å². The standard InChI is InChI=1S/C8H9N2O/c1-9-8(11)10-7-5-3-2-4-6-7/h2-6H,1H2,(H2,9,10,11). The van der Waals surface area contributed by atoms with E-state index in [0.717, 1.165) is 5.69 Å². The molecule has 0 atom stereocenters. The van der Waals surface area contributed by atoms with Crippen LogP contribution in [0, 0.1) is 7.05 Å². The zero-order valence-electron chi connectivity index (χ0n) is 6.00. The van der Waals surface area contributed by atoms with Crippen LogP contribution in [0.25, 0.3) is 0 Å². The molecule has 0 heterocycles. The number of anilines is 1. The van der Waals surface area contributed by atoms with Crippen molar-refractivity contribution in [2.75, 3.05) is 5.32 Å². The fourth-order valence-electron chi connectivity index (χ4n) is 0.697. The third kappa shape index (κ3) is 2.29. The normalized spacial score (nSPS) is 8.82. The molecule has 2 amide bonds. The third-order valence-corrected chi connectivity index (χ3v) is 1.19. The summed E-state index contributed by atoms with van der Waals surface area (Å²) in [5, 5.41) is 4.79. The summed E-state index contributed by atoms with van der Waals surface area (Å²) in [4.78, 5) is 10.7. The Balaban J connectivity index is 2.58. The third-order valence-electron chi connectivity index (χ3n) is 1.19. The highest BCUT2D eigenvalue weighted by Gasteiger charge is 1.94. The minimum Gasteiger partial charge on any atom is -0.336 e. The Bertz CT molecular complexity index is 233. The van der Waals surface area contributed by atoms with Crippen molar-refractivity contribution in [3.63, 3.8) is 0 Å². The molecule has 0 aliphatic heterocycles. The van der Waals surface area contributed by atoms with Gasteiger partial charge in [-0.2, -0.15) is 0 Å². The van der Waals surface area contributed by atoms with Crippen LogP contribution in [-0.2, 0) is 0 Å². The van der Waals surface area contributed by atoms with Gasteiger partial charge in [-0.05, 0) is 12.1 Å². The number of hydrogen-bond donors (Lipinski definition) is 2. The van der Waals surface area contributed by atoms with E-state index >= 15 is 0 Å². The minimum absolute atomic E-state index is 0.309. The first-order valence-electron chi connectivity index (χ1n) is 3.22. The molecule has 0 saturated carbocycles. The summed E-state index contributed by atoms with van der Waals surface area (Å²) in [6.45, 7) is 0. The average Bonchev–Trinajstić information content (AvgIpc) is 2.06. The molecule has 0 fully saturated rings. The number of urea groups is 1. The molecule has 1 aromatic carbocycles. The van der Waals surface area contributed by atoms with Crippen LogP contribution in [0.5, 0.6) is 0 Å². The number of para-hydroxylation sites is 1. The molecule has 1 rings (SSSR count). The molecule has 0 aliphatic carbocycles. The van der Waals surface area contributed by atoms with Crippen LogP contribution >= 0.6 is 0 Å². The summed E-state index contributed by atoms with van der Waals surface area (Å²) in [6.07, 6.45) is 0. The lowest BCUT2D eigenvalue weighted by molar-refractivity contribution is 0.255. The quantitative estimate of drug-likeness (QED) is 0.625. The van der Waals surface area contributed by atoms with E-state index in [1.807, 2.05) is 18.2 Å². The molecule has 0 saturated heterocycles.